The van der Waals surface area contributed by atoms with Crippen molar-refractivity contribution < 1.29 is 14.3 Å². The van der Waals surface area contributed by atoms with E-state index in [2.05, 4.69) is 24.1 Å². The molecular formula is C21H34N2O3. The number of carbonyl (C=O) groups is 1. The van der Waals surface area contributed by atoms with Gasteiger partial charge in [0.1, 0.15) is 11.4 Å². The number of ether oxygens (including phenoxy) is 2. The van der Waals surface area contributed by atoms with E-state index in [1.807, 2.05) is 38.1 Å². The van der Waals surface area contributed by atoms with Crippen LogP contribution in [0.5, 0.6) is 5.75 Å². The van der Waals surface area contributed by atoms with E-state index >= 15 is 0 Å². The molecule has 0 bridgehead atoms. The molecule has 1 fully saturated rings. The lowest BCUT2D eigenvalue weighted by molar-refractivity contribution is -0.141. The summed E-state index contributed by atoms with van der Waals surface area (Å²) < 4.78 is 11.6. The highest BCUT2D eigenvalue weighted by Crippen LogP contribution is 2.42. The van der Waals surface area contributed by atoms with Crippen LogP contribution in [0.2, 0.25) is 0 Å². The van der Waals surface area contributed by atoms with Crippen molar-refractivity contribution >= 4 is 11.6 Å². The molecular weight excluding hydrogens is 328 g/mol. The first-order chi connectivity index (χ1) is 12.5. The highest BCUT2D eigenvalue weighted by molar-refractivity contribution is 5.97. The highest BCUT2D eigenvalue weighted by Gasteiger charge is 2.48. The van der Waals surface area contributed by atoms with Crippen molar-refractivity contribution in [2.75, 3.05) is 38.2 Å². The summed E-state index contributed by atoms with van der Waals surface area (Å²) in [6, 6.07) is 7.58. The Morgan fingerprint density at radius 1 is 1.19 bits per heavy atom. The van der Waals surface area contributed by atoms with Crippen molar-refractivity contribution in [3.05, 3.63) is 24.3 Å². The van der Waals surface area contributed by atoms with Crippen LogP contribution in [-0.4, -0.2) is 49.3 Å². The topological polar surface area (TPSA) is 50.8 Å². The minimum absolute atomic E-state index is 0.0604. The summed E-state index contributed by atoms with van der Waals surface area (Å²) in [7, 11) is 0. The van der Waals surface area contributed by atoms with Gasteiger partial charge in [0, 0.05) is 18.8 Å². The first kappa shape index (κ1) is 20.7. The van der Waals surface area contributed by atoms with Crippen molar-refractivity contribution in [3.8, 4) is 5.75 Å². The smallest absolute Gasteiger partial charge is 0.256 e. The second-order valence-electron chi connectivity index (χ2n) is 7.02. The summed E-state index contributed by atoms with van der Waals surface area (Å²) in [6.45, 7) is 12.6. The van der Waals surface area contributed by atoms with Gasteiger partial charge in [-0.15, -0.1) is 0 Å². The van der Waals surface area contributed by atoms with E-state index in [0.717, 1.165) is 50.3 Å². The quantitative estimate of drug-likeness (QED) is 0.572. The zero-order chi connectivity index (χ0) is 19.0. The molecule has 5 heteroatoms. The minimum atomic E-state index is -0.728. The number of hydrogen-bond donors (Lipinski definition) is 1. The molecule has 2 rings (SSSR count). The molecule has 0 radical (unpaired) electrons. The number of nitrogens with zero attached hydrogens (tertiary/aromatic N) is 1. The van der Waals surface area contributed by atoms with E-state index < -0.39 is 5.60 Å². The van der Waals surface area contributed by atoms with Crippen LogP contribution < -0.4 is 10.1 Å². The first-order valence-electron chi connectivity index (χ1n) is 9.94. The monoisotopic (exact) mass is 362 g/mol. The van der Waals surface area contributed by atoms with Crippen LogP contribution in [0.15, 0.2) is 24.3 Å². The van der Waals surface area contributed by atoms with Gasteiger partial charge in [0.05, 0.1) is 6.61 Å². The normalized spacial score (nSPS) is 16.3. The van der Waals surface area contributed by atoms with E-state index in [0.29, 0.717) is 19.1 Å². The molecule has 1 amide bonds. The van der Waals surface area contributed by atoms with Crippen molar-refractivity contribution in [2.24, 2.45) is 5.92 Å². The van der Waals surface area contributed by atoms with Gasteiger partial charge in [-0.3, -0.25) is 4.79 Å². The Labute approximate surface area is 158 Å². The van der Waals surface area contributed by atoms with Gasteiger partial charge < -0.3 is 19.7 Å². The molecule has 1 aliphatic rings. The van der Waals surface area contributed by atoms with Gasteiger partial charge >= 0.3 is 0 Å². The number of hydrogen-bond acceptors (Lipinski definition) is 4. The van der Waals surface area contributed by atoms with Crippen LogP contribution in [-0.2, 0) is 9.53 Å². The molecule has 1 saturated carbocycles. The second-order valence-corrected chi connectivity index (χ2v) is 7.02. The zero-order valence-electron chi connectivity index (χ0n) is 16.7. The van der Waals surface area contributed by atoms with Gasteiger partial charge in [-0.05, 0) is 76.4 Å². The zero-order valence-corrected chi connectivity index (χ0v) is 16.7. The average molecular weight is 363 g/mol. The molecule has 146 valence electrons. The summed E-state index contributed by atoms with van der Waals surface area (Å²) in [4.78, 5) is 15.0. The van der Waals surface area contributed by atoms with Gasteiger partial charge in [0.25, 0.3) is 5.91 Å². The second kappa shape index (κ2) is 9.93. The third kappa shape index (κ3) is 5.71. The molecule has 1 aromatic carbocycles. The van der Waals surface area contributed by atoms with Crippen molar-refractivity contribution in [1.82, 2.24) is 4.90 Å². The maximum absolute atomic E-state index is 12.7. The van der Waals surface area contributed by atoms with Crippen LogP contribution in [0.1, 0.15) is 47.0 Å². The molecule has 0 aliphatic heterocycles. The predicted molar refractivity (Wildman–Crippen MR) is 106 cm³/mol. The Balaban J connectivity index is 1.80. The van der Waals surface area contributed by atoms with Crippen molar-refractivity contribution in [3.63, 3.8) is 0 Å². The molecule has 0 spiro atoms. The fraction of sp³-hybridized carbons (Fsp3) is 0.667. The summed E-state index contributed by atoms with van der Waals surface area (Å²) in [6.07, 6.45) is 3.13. The predicted octanol–water partition coefficient (Wildman–Crippen LogP) is 3.94. The molecule has 5 nitrogen and oxygen atoms in total. The summed E-state index contributed by atoms with van der Waals surface area (Å²) in [5, 5.41) is 2.99. The molecule has 1 atom stereocenters. The third-order valence-electron chi connectivity index (χ3n) is 5.15. The lowest BCUT2D eigenvalue weighted by Gasteiger charge is -2.28. The van der Waals surface area contributed by atoms with Crippen LogP contribution >= 0.6 is 0 Å². The lowest BCUT2D eigenvalue weighted by atomic mass is 9.99. The van der Waals surface area contributed by atoms with Crippen LogP contribution in [0.4, 0.5) is 5.69 Å². The number of nitrogens with one attached hydrogen (secondary N) is 1. The van der Waals surface area contributed by atoms with E-state index in [-0.39, 0.29) is 5.91 Å². The fourth-order valence-electron chi connectivity index (χ4n) is 3.21. The van der Waals surface area contributed by atoms with Gasteiger partial charge in [-0.2, -0.15) is 0 Å². The Bertz CT molecular complexity index is 553. The summed E-state index contributed by atoms with van der Waals surface area (Å²) in [5.74, 6) is 1.10. The number of anilines is 1. The lowest BCUT2D eigenvalue weighted by Crippen LogP contribution is -2.44. The maximum Gasteiger partial charge on any atom is 0.256 e. The Hall–Kier alpha value is -1.59. The molecule has 1 aromatic rings. The van der Waals surface area contributed by atoms with Crippen LogP contribution in [0.25, 0.3) is 0 Å². The Morgan fingerprint density at radius 3 is 2.38 bits per heavy atom. The maximum atomic E-state index is 12.7. The minimum Gasteiger partial charge on any atom is -0.494 e. The molecule has 0 unspecified atom stereocenters. The molecule has 1 N–H and O–H groups in total. The Morgan fingerprint density at radius 2 is 1.85 bits per heavy atom. The molecule has 0 heterocycles. The van der Waals surface area contributed by atoms with Gasteiger partial charge in [-0.25, -0.2) is 0 Å². The van der Waals surface area contributed by atoms with E-state index in [1.54, 1.807) is 0 Å². The molecule has 0 saturated heterocycles. The number of benzene rings is 1. The van der Waals surface area contributed by atoms with Crippen LogP contribution in [0, 0.1) is 5.92 Å². The standard InChI is InChI=1S/C21H34N2O3/c1-5-23(6-2)15-8-16-25-19-13-11-18(12-14-19)22-20(24)21(4,26-7-3)17-9-10-17/h11-14,17H,5-10,15-16H2,1-4H3,(H,22,24)/t21-/m1/s1. The number of carbonyl (C=O) groups excluding carboxylic acids is 1. The van der Waals surface area contributed by atoms with Gasteiger partial charge in [0.15, 0.2) is 0 Å². The third-order valence-corrected chi connectivity index (χ3v) is 5.15. The average Bonchev–Trinajstić information content (AvgIpc) is 3.49. The summed E-state index contributed by atoms with van der Waals surface area (Å²) >= 11 is 0. The highest BCUT2D eigenvalue weighted by atomic mass is 16.5. The van der Waals surface area contributed by atoms with Gasteiger partial charge in [0.2, 0.25) is 0 Å². The number of rotatable bonds is 12. The van der Waals surface area contributed by atoms with Gasteiger partial charge in [-0.1, -0.05) is 13.8 Å². The van der Waals surface area contributed by atoms with Crippen molar-refractivity contribution in [2.45, 2.75) is 52.6 Å². The number of amides is 1. The molecule has 26 heavy (non-hydrogen) atoms. The molecule has 1 aliphatic carbocycles. The largest absolute Gasteiger partial charge is 0.494 e. The SMILES string of the molecule is CCO[C@@](C)(C(=O)Nc1ccc(OCCCN(CC)CC)cc1)C1CC1. The van der Waals surface area contributed by atoms with E-state index in [9.17, 15) is 4.79 Å². The van der Waals surface area contributed by atoms with E-state index in [1.165, 1.54) is 0 Å². The Kier molecular flexibility index (Phi) is 7.91. The fourth-order valence-corrected chi connectivity index (χ4v) is 3.21. The molecule has 0 aromatic heterocycles. The first-order valence-corrected chi connectivity index (χ1v) is 9.94. The van der Waals surface area contributed by atoms with Crippen LogP contribution in [0.3, 0.4) is 0 Å². The van der Waals surface area contributed by atoms with Crippen molar-refractivity contribution in [1.29, 1.82) is 0 Å². The summed E-state index contributed by atoms with van der Waals surface area (Å²) in [5.41, 5.74) is 0.0472. The van der Waals surface area contributed by atoms with E-state index in [4.69, 9.17) is 9.47 Å².